The van der Waals surface area contributed by atoms with E-state index in [1.165, 1.54) is 12.1 Å². The van der Waals surface area contributed by atoms with E-state index in [1.54, 1.807) is 0 Å². The van der Waals surface area contributed by atoms with Crippen molar-refractivity contribution in [2.24, 2.45) is 0 Å². The summed E-state index contributed by atoms with van der Waals surface area (Å²) in [5.74, 6) is 0. The molecule has 19 heavy (non-hydrogen) atoms. The predicted octanol–water partition coefficient (Wildman–Crippen LogP) is 3.16. The molecule has 0 aliphatic heterocycles. The van der Waals surface area contributed by atoms with Gasteiger partial charge in [0.1, 0.15) is 0 Å². The molecule has 1 rings (SSSR count). The second kappa shape index (κ2) is 6.22. The van der Waals surface area contributed by atoms with Crippen molar-refractivity contribution in [1.29, 1.82) is 0 Å². The molecule has 7 nitrogen and oxygen atoms in total. The molecule has 1 aromatic rings. The average molecular weight is 349 g/mol. The summed E-state index contributed by atoms with van der Waals surface area (Å²) in [4.78, 5) is 20.9. The summed E-state index contributed by atoms with van der Waals surface area (Å²) < 4.78 is 5.68. The Morgan fingerprint density at radius 1 is 1.16 bits per heavy atom. The highest BCUT2D eigenvalue weighted by Gasteiger charge is 2.22. The molecule has 0 aliphatic rings. The number of non-ortho nitro benzene ring substituents is 2. The molecule has 104 valence electrons. The molecule has 0 saturated carbocycles. The number of alkyl halides is 1. The summed E-state index contributed by atoms with van der Waals surface area (Å²) >= 11 is 3.34. The second-order valence-corrected chi connectivity index (χ2v) is 10.3. The Morgan fingerprint density at radius 2 is 1.63 bits per heavy atom. The maximum absolute atomic E-state index is 10.7. The van der Waals surface area contributed by atoms with Crippen molar-refractivity contribution < 1.29 is 14.3 Å². The van der Waals surface area contributed by atoms with Gasteiger partial charge in [-0.1, -0.05) is 15.9 Å². The highest BCUT2D eigenvalue weighted by Crippen LogP contribution is 2.24. The number of benzene rings is 1. The number of nitrogens with zero attached hydrogens (tertiary/aromatic N) is 2. The van der Waals surface area contributed by atoms with Crippen LogP contribution in [0.5, 0.6) is 0 Å². The molecule has 0 spiro atoms. The molecule has 0 fully saturated rings. The van der Waals surface area contributed by atoms with Gasteiger partial charge in [0.15, 0.2) is 8.32 Å². The standard InChI is InChI=1S/C10H13BrN2O5Si/c1-19(2,7-11)18-6-8-3-9(12(14)15)5-10(4-8)13(16)17/h3-5H,6-7H2,1-2H3. The molecule has 0 radical (unpaired) electrons. The first-order valence-corrected chi connectivity index (χ1v) is 9.61. The minimum atomic E-state index is -1.87. The van der Waals surface area contributed by atoms with Crippen LogP contribution in [-0.4, -0.2) is 23.1 Å². The normalized spacial score (nSPS) is 11.3. The Morgan fingerprint density at radius 3 is 2.00 bits per heavy atom. The fourth-order valence-electron chi connectivity index (χ4n) is 1.27. The maximum atomic E-state index is 10.7. The van der Waals surface area contributed by atoms with Crippen LogP contribution in [0.4, 0.5) is 11.4 Å². The van der Waals surface area contributed by atoms with E-state index in [4.69, 9.17) is 4.43 Å². The summed E-state index contributed by atoms with van der Waals surface area (Å²) in [6.45, 7) is 4.09. The minimum absolute atomic E-state index is 0.132. The zero-order valence-corrected chi connectivity index (χ0v) is 13.0. The van der Waals surface area contributed by atoms with Gasteiger partial charge in [0.25, 0.3) is 11.4 Å². The van der Waals surface area contributed by atoms with Crippen LogP contribution in [0, 0.1) is 20.2 Å². The SMILES string of the molecule is C[Si](C)(CBr)OCc1cc([N+](=O)[O-])cc([N+](=O)[O-])c1. The van der Waals surface area contributed by atoms with Gasteiger partial charge in [0.2, 0.25) is 0 Å². The van der Waals surface area contributed by atoms with E-state index in [0.29, 0.717) is 5.56 Å². The van der Waals surface area contributed by atoms with Crippen molar-refractivity contribution in [3.8, 4) is 0 Å². The zero-order valence-electron chi connectivity index (χ0n) is 10.5. The van der Waals surface area contributed by atoms with Gasteiger partial charge in [0, 0.05) is 17.1 Å². The first-order chi connectivity index (χ1) is 8.75. The molecule has 9 heteroatoms. The van der Waals surface area contributed by atoms with Gasteiger partial charge in [-0.2, -0.15) is 0 Å². The summed E-state index contributed by atoms with van der Waals surface area (Å²) in [5.41, 5.74) is -0.167. The van der Waals surface area contributed by atoms with Gasteiger partial charge in [-0.05, 0) is 18.7 Å². The van der Waals surface area contributed by atoms with E-state index in [1.807, 2.05) is 13.1 Å². The van der Waals surface area contributed by atoms with Crippen LogP contribution < -0.4 is 0 Å². The monoisotopic (exact) mass is 348 g/mol. The lowest BCUT2D eigenvalue weighted by molar-refractivity contribution is -0.394. The lowest BCUT2D eigenvalue weighted by atomic mass is 10.2. The number of nitro groups is 2. The van der Waals surface area contributed by atoms with Gasteiger partial charge in [0.05, 0.1) is 22.5 Å². The Balaban J connectivity index is 3.00. The molecule has 0 aliphatic carbocycles. The highest BCUT2D eigenvalue weighted by molar-refractivity contribution is 9.09. The van der Waals surface area contributed by atoms with Gasteiger partial charge >= 0.3 is 0 Å². The molecular weight excluding hydrogens is 336 g/mol. The predicted molar refractivity (Wildman–Crippen MR) is 75.8 cm³/mol. The number of hydrogen-bond donors (Lipinski definition) is 0. The lowest BCUT2D eigenvalue weighted by Gasteiger charge is -2.19. The van der Waals surface area contributed by atoms with E-state index >= 15 is 0 Å². The van der Waals surface area contributed by atoms with Crippen LogP contribution in [0.15, 0.2) is 18.2 Å². The van der Waals surface area contributed by atoms with Crippen LogP contribution in [0.25, 0.3) is 0 Å². The highest BCUT2D eigenvalue weighted by atomic mass is 79.9. The van der Waals surface area contributed by atoms with E-state index in [2.05, 4.69) is 15.9 Å². The smallest absolute Gasteiger partial charge is 0.276 e. The van der Waals surface area contributed by atoms with E-state index in [9.17, 15) is 20.2 Å². The van der Waals surface area contributed by atoms with Crippen LogP contribution in [-0.2, 0) is 11.0 Å². The Kier molecular flexibility index (Phi) is 5.15. The molecule has 0 saturated heterocycles. The molecule has 0 N–H and O–H groups in total. The van der Waals surface area contributed by atoms with Crippen molar-refractivity contribution in [3.05, 3.63) is 44.0 Å². The average Bonchev–Trinajstić information content (AvgIpc) is 2.36. The molecule has 1 aromatic carbocycles. The van der Waals surface area contributed by atoms with Crippen LogP contribution in [0.2, 0.25) is 13.1 Å². The molecular formula is C10H13BrN2O5Si. The van der Waals surface area contributed by atoms with E-state index in [-0.39, 0.29) is 18.0 Å². The van der Waals surface area contributed by atoms with Crippen molar-refractivity contribution in [1.82, 2.24) is 0 Å². The van der Waals surface area contributed by atoms with Gasteiger partial charge in [-0.3, -0.25) is 20.2 Å². The third kappa shape index (κ3) is 4.69. The molecule has 0 aromatic heterocycles. The van der Waals surface area contributed by atoms with Gasteiger partial charge in [-0.25, -0.2) is 0 Å². The largest absolute Gasteiger partial charge is 0.412 e. The van der Waals surface area contributed by atoms with Crippen LogP contribution in [0.3, 0.4) is 0 Å². The summed E-state index contributed by atoms with van der Waals surface area (Å²) in [7, 11) is -1.87. The van der Waals surface area contributed by atoms with E-state index in [0.717, 1.165) is 11.0 Å². The third-order valence-electron chi connectivity index (χ3n) is 2.34. The van der Waals surface area contributed by atoms with Gasteiger partial charge < -0.3 is 4.43 Å². The molecule has 0 heterocycles. The first kappa shape index (κ1) is 15.7. The van der Waals surface area contributed by atoms with Crippen LogP contribution >= 0.6 is 15.9 Å². The lowest BCUT2D eigenvalue weighted by Crippen LogP contribution is -2.32. The number of halogens is 1. The fourth-order valence-corrected chi connectivity index (χ4v) is 2.39. The Bertz CT molecular complexity index is 476. The molecule has 0 unspecified atom stereocenters. The van der Waals surface area contributed by atoms with Crippen molar-refractivity contribution in [2.45, 2.75) is 19.7 Å². The third-order valence-corrected chi connectivity index (χ3v) is 7.96. The molecule has 0 amide bonds. The van der Waals surface area contributed by atoms with Crippen molar-refractivity contribution in [3.63, 3.8) is 0 Å². The molecule has 0 atom stereocenters. The second-order valence-electron chi connectivity index (χ2n) is 4.55. The molecule has 0 bridgehead atoms. The first-order valence-electron chi connectivity index (χ1n) is 5.38. The maximum Gasteiger partial charge on any atom is 0.276 e. The summed E-state index contributed by atoms with van der Waals surface area (Å²) in [6, 6.07) is 3.54. The number of rotatable bonds is 6. The van der Waals surface area contributed by atoms with Gasteiger partial charge in [-0.15, -0.1) is 0 Å². The van der Waals surface area contributed by atoms with Crippen molar-refractivity contribution >= 4 is 35.6 Å². The Labute approximate surface area is 119 Å². The Hall–Kier alpha value is -1.32. The van der Waals surface area contributed by atoms with Crippen LogP contribution in [0.1, 0.15) is 5.56 Å². The fraction of sp³-hybridized carbons (Fsp3) is 0.400. The number of hydrogen-bond acceptors (Lipinski definition) is 5. The van der Waals surface area contributed by atoms with Crippen molar-refractivity contribution in [2.75, 3.05) is 4.95 Å². The minimum Gasteiger partial charge on any atom is -0.412 e. The number of nitro benzene ring substituents is 2. The zero-order chi connectivity index (χ0) is 14.6. The summed E-state index contributed by atoms with van der Waals surface area (Å²) in [5, 5.41) is 21.5. The topological polar surface area (TPSA) is 95.5 Å². The quantitative estimate of drug-likeness (QED) is 0.340. The summed E-state index contributed by atoms with van der Waals surface area (Å²) in [6.07, 6.45) is 0. The van der Waals surface area contributed by atoms with E-state index < -0.39 is 18.2 Å².